The average Bonchev–Trinajstić information content (AvgIpc) is 3.50. The van der Waals surface area contributed by atoms with Crippen LogP contribution in [0, 0.1) is 11.6 Å². The summed E-state index contributed by atoms with van der Waals surface area (Å²) in [7, 11) is 0. The number of halogens is 2. The standard InChI is InChI=1S/C25H20F2N6O/c1-16(18-10-19(26)12-20(27)11-18)33(21-8-6-17(7-9-21)23-13-28-15-29-23)25(34)14-32-24-5-3-2-4-22(24)30-31-32/h2-13,15-16H,14H2,1H3,(H,28,29). The number of rotatable bonds is 6. The van der Waals surface area contributed by atoms with E-state index in [9.17, 15) is 13.6 Å². The fraction of sp³-hybridized carbons (Fsp3) is 0.120. The highest BCUT2D eigenvalue weighted by Crippen LogP contribution is 2.30. The van der Waals surface area contributed by atoms with Crippen LogP contribution in [-0.4, -0.2) is 30.9 Å². The molecule has 1 N–H and O–H groups in total. The molecule has 0 saturated heterocycles. The van der Waals surface area contributed by atoms with E-state index in [4.69, 9.17) is 0 Å². The zero-order valence-electron chi connectivity index (χ0n) is 18.2. The molecule has 5 rings (SSSR count). The molecule has 2 aromatic heterocycles. The summed E-state index contributed by atoms with van der Waals surface area (Å²) in [5, 5.41) is 8.21. The number of carbonyl (C=O) groups is 1. The number of hydrogen-bond acceptors (Lipinski definition) is 4. The summed E-state index contributed by atoms with van der Waals surface area (Å²) in [4.78, 5) is 22.2. The molecule has 7 nitrogen and oxygen atoms in total. The molecule has 3 aromatic carbocycles. The van der Waals surface area contributed by atoms with Crippen LogP contribution < -0.4 is 4.90 Å². The fourth-order valence-electron chi connectivity index (χ4n) is 4.00. The van der Waals surface area contributed by atoms with Gasteiger partial charge in [0, 0.05) is 11.8 Å². The molecule has 0 fully saturated rings. The summed E-state index contributed by atoms with van der Waals surface area (Å²) in [5.74, 6) is -1.71. The van der Waals surface area contributed by atoms with Gasteiger partial charge in [-0.05, 0) is 54.4 Å². The van der Waals surface area contributed by atoms with Crippen LogP contribution in [0.25, 0.3) is 22.3 Å². The number of para-hydroxylation sites is 1. The third-order valence-electron chi connectivity index (χ3n) is 5.68. The Kier molecular flexibility index (Phi) is 5.59. The Morgan fingerprint density at radius 2 is 1.79 bits per heavy atom. The highest BCUT2D eigenvalue weighted by atomic mass is 19.1. The van der Waals surface area contributed by atoms with E-state index in [2.05, 4.69) is 20.3 Å². The van der Waals surface area contributed by atoms with Crippen molar-refractivity contribution in [2.75, 3.05) is 4.90 Å². The Bertz CT molecular complexity index is 1430. The molecular weight excluding hydrogens is 438 g/mol. The number of carbonyl (C=O) groups excluding carboxylic acids is 1. The van der Waals surface area contributed by atoms with Crippen LogP contribution in [0.5, 0.6) is 0 Å². The summed E-state index contributed by atoms with van der Waals surface area (Å²) in [6.07, 6.45) is 3.29. The summed E-state index contributed by atoms with van der Waals surface area (Å²) in [5.41, 5.74) is 4.03. The highest BCUT2D eigenvalue weighted by Gasteiger charge is 2.25. The molecule has 9 heteroatoms. The van der Waals surface area contributed by atoms with Gasteiger partial charge in [0.2, 0.25) is 5.91 Å². The molecule has 5 aromatic rings. The number of aromatic amines is 1. The number of benzene rings is 3. The molecular formula is C25H20F2N6O. The molecule has 1 atom stereocenters. The Balaban J connectivity index is 1.52. The maximum Gasteiger partial charge on any atom is 0.249 e. The first-order valence-electron chi connectivity index (χ1n) is 10.6. The Hall–Kier alpha value is -4.40. The zero-order chi connectivity index (χ0) is 23.7. The molecule has 2 heterocycles. The Morgan fingerprint density at radius 1 is 1.06 bits per heavy atom. The van der Waals surface area contributed by atoms with Crippen molar-refractivity contribution in [2.45, 2.75) is 19.5 Å². The molecule has 0 radical (unpaired) electrons. The molecule has 0 aliphatic carbocycles. The minimum atomic E-state index is -0.703. The lowest BCUT2D eigenvalue weighted by atomic mass is 10.0. The minimum absolute atomic E-state index is 0.0923. The lowest BCUT2D eigenvalue weighted by molar-refractivity contribution is -0.119. The number of nitrogens with zero attached hydrogens (tertiary/aromatic N) is 5. The second-order valence-electron chi connectivity index (χ2n) is 7.89. The van der Waals surface area contributed by atoms with Crippen LogP contribution in [0.2, 0.25) is 0 Å². The van der Waals surface area contributed by atoms with Gasteiger partial charge >= 0.3 is 0 Å². The van der Waals surface area contributed by atoms with Crippen molar-refractivity contribution in [1.29, 1.82) is 0 Å². The predicted octanol–water partition coefficient (Wildman–Crippen LogP) is 4.89. The van der Waals surface area contributed by atoms with Gasteiger partial charge < -0.3 is 9.88 Å². The van der Waals surface area contributed by atoms with Gasteiger partial charge in [0.15, 0.2) is 0 Å². The molecule has 0 saturated carbocycles. The first-order valence-corrected chi connectivity index (χ1v) is 10.6. The van der Waals surface area contributed by atoms with Gasteiger partial charge in [-0.25, -0.2) is 18.4 Å². The zero-order valence-corrected chi connectivity index (χ0v) is 18.2. The second-order valence-corrected chi connectivity index (χ2v) is 7.89. The van der Waals surface area contributed by atoms with E-state index in [1.54, 1.807) is 31.6 Å². The van der Waals surface area contributed by atoms with Gasteiger partial charge in [-0.3, -0.25) is 4.79 Å². The number of aromatic nitrogens is 5. The third kappa shape index (κ3) is 4.15. The minimum Gasteiger partial charge on any atom is -0.345 e. The van der Waals surface area contributed by atoms with Crippen molar-refractivity contribution in [1.82, 2.24) is 25.0 Å². The SMILES string of the molecule is CC(c1cc(F)cc(F)c1)N(C(=O)Cn1nnc2ccccc21)c1ccc(-c2cnc[nH]2)cc1. The van der Waals surface area contributed by atoms with E-state index in [0.29, 0.717) is 16.8 Å². The number of fused-ring (bicyclic) bond motifs is 1. The maximum atomic E-state index is 14.0. The molecule has 0 spiro atoms. The van der Waals surface area contributed by atoms with Gasteiger partial charge in [0.25, 0.3) is 0 Å². The third-order valence-corrected chi connectivity index (χ3v) is 5.68. The molecule has 1 unspecified atom stereocenters. The van der Waals surface area contributed by atoms with Crippen LogP contribution >= 0.6 is 0 Å². The van der Waals surface area contributed by atoms with Gasteiger partial charge in [-0.1, -0.05) is 29.5 Å². The topological polar surface area (TPSA) is 79.7 Å². The second kappa shape index (κ2) is 8.86. The quantitative estimate of drug-likeness (QED) is 0.393. The van der Waals surface area contributed by atoms with Crippen molar-refractivity contribution in [3.8, 4) is 11.3 Å². The van der Waals surface area contributed by atoms with Crippen molar-refractivity contribution >= 4 is 22.6 Å². The van der Waals surface area contributed by atoms with Gasteiger partial charge in [0.05, 0.1) is 29.8 Å². The Morgan fingerprint density at radius 3 is 2.50 bits per heavy atom. The lowest BCUT2D eigenvalue weighted by Crippen LogP contribution is -2.36. The van der Waals surface area contributed by atoms with E-state index >= 15 is 0 Å². The lowest BCUT2D eigenvalue weighted by Gasteiger charge is -2.30. The van der Waals surface area contributed by atoms with Gasteiger partial charge in [-0.2, -0.15) is 0 Å². The molecule has 1 amide bonds. The van der Waals surface area contributed by atoms with Crippen molar-refractivity contribution < 1.29 is 13.6 Å². The molecule has 0 bridgehead atoms. The maximum absolute atomic E-state index is 14.0. The number of anilines is 1. The molecule has 0 aliphatic heterocycles. The van der Waals surface area contributed by atoms with Crippen LogP contribution in [-0.2, 0) is 11.3 Å². The average molecular weight is 458 g/mol. The van der Waals surface area contributed by atoms with Crippen molar-refractivity contribution in [3.05, 3.63) is 96.5 Å². The number of amides is 1. The first-order chi connectivity index (χ1) is 16.5. The highest BCUT2D eigenvalue weighted by molar-refractivity contribution is 5.95. The van der Waals surface area contributed by atoms with E-state index in [-0.39, 0.29) is 12.5 Å². The van der Waals surface area contributed by atoms with E-state index in [1.807, 2.05) is 36.4 Å². The Labute approximate surface area is 193 Å². The van der Waals surface area contributed by atoms with Crippen LogP contribution in [0.15, 0.2) is 79.3 Å². The molecule has 170 valence electrons. The van der Waals surface area contributed by atoms with Gasteiger partial charge in [-0.15, -0.1) is 5.10 Å². The van der Waals surface area contributed by atoms with Crippen LogP contribution in [0.4, 0.5) is 14.5 Å². The summed E-state index contributed by atoms with van der Waals surface area (Å²) in [6, 6.07) is 17.3. The first kappa shape index (κ1) is 21.4. The van der Waals surface area contributed by atoms with E-state index in [1.165, 1.54) is 21.7 Å². The predicted molar refractivity (Wildman–Crippen MR) is 124 cm³/mol. The molecule has 0 aliphatic rings. The summed E-state index contributed by atoms with van der Waals surface area (Å²) in [6.45, 7) is 1.64. The van der Waals surface area contributed by atoms with E-state index in [0.717, 1.165) is 22.8 Å². The smallest absolute Gasteiger partial charge is 0.249 e. The molecule has 34 heavy (non-hydrogen) atoms. The monoisotopic (exact) mass is 458 g/mol. The fourth-order valence-corrected chi connectivity index (χ4v) is 4.00. The van der Waals surface area contributed by atoms with E-state index < -0.39 is 17.7 Å². The largest absolute Gasteiger partial charge is 0.345 e. The number of imidazole rings is 1. The summed E-state index contributed by atoms with van der Waals surface area (Å²) >= 11 is 0. The van der Waals surface area contributed by atoms with Crippen molar-refractivity contribution in [2.24, 2.45) is 0 Å². The number of hydrogen-bond donors (Lipinski definition) is 1. The van der Waals surface area contributed by atoms with Crippen molar-refractivity contribution in [3.63, 3.8) is 0 Å². The van der Waals surface area contributed by atoms with Gasteiger partial charge in [0.1, 0.15) is 23.7 Å². The number of nitrogens with one attached hydrogen (secondary N) is 1. The van der Waals surface area contributed by atoms with Crippen LogP contribution in [0.3, 0.4) is 0 Å². The summed E-state index contributed by atoms with van der Waals surface area (Å²) < 4.78 is 29.5. The van der Waals surface area contributed by atoms with Crippen LogP contribution in [0.1, 0.15) is 18.5 Å². The normalized spacial score (nSPS) is 12.1. The number of H-pyrrole nitrogens is 1.